The van der Waals surface area contributed by atoms with Gasteiger partial charge in [0.15, 0.2) is 0 Å². The van der Waals surface area contributed by atoms with Gasteiger partial charge in [-0.1, -0.05) is 28.1 Å². The number of carboxylic acid groups (broad SMARTS) is 2. The Morgan fingerprint density at radius 3 is 2.32 bits per heavy atom. The van der Waals surface area contributed by atoms with Gasteiger partial charge in [0.1, 0.15) is 19.0 Å². The first-order chi connectivity index (χ1) is 16.2. The summed E-state index contributed by atoms with van der Waals surface area (Å²) in [6.07, 6.45) is 3.45. The van der Waals surface area contributed by atoms with Crippen molar-refractivity contribution in [3.8, 4) is 5.75 Å². The molecule has 0 saturated carbocycles. The fourth-order valence-electron chi connectivity index (χ4n) is 3.91. The van der Waals surface area contributed by atoms with Gasteiger partial charge in [0.05, 0.1) is 5.60 Å². The van der Waals surface area contributed by atoms with Crippen molar-refractivity contribution in [3.63, 3.8) is 0 Å². The second-order valence-corrected chi connectivity index (χ2v) is 8.90. The van der Waals surface area contributed by atoms with E-state index in [9.17, 15) is 9.50 Å². The SMILES string of the molecule is O=C(O)C(=O)O.OC1(c2ccc(Br)cc2)CCN(Cc2c[nH]c3ccc(OCCF)cc23)CC1. The second-order valence-electron chi connectivity index (χ2n) is 7.98. The summed E-state index contributed by atoms with van der Waals surface area (Å²) >= 11 is 3.45. The van der Waals surface area contributed by atoms with Crippen LogP contribution in [0.25, 0.3) is 10.9 Å². The Morgan fingerprint density at radius 2 is 1.74 bits per heavy atom. The van der Waals surface area contributed by atoms with Gasteiger partial charge in [0.2, 0.25) is 0 Å². The number of hydrogen-bond acceptors (Lipinski definition) is 5. The second kappa shape index (κ2) is 11.5. The van der Waals surface area contributed by atoms with E-state index >= 15 is 0 Å². The van der Waals surface area contributed by atoms with Crippen LogP contribution in [0.3, 0.4) is 0 Å². The standard InChI is InChI=1S/C22H24BrFN2O2.C2H2O4/c23-18-3-1-17(2-4-18)22(27)7-10-26(11-8-22)15-16-14-25-21-6-5-19(13-20(16)21)28-12-9-24;3-1(4)2(5)6/h1-6,13-14,25,27H,7-12,15H2;(H,3,4)(H,5,6). The maximum atomic E-state index is 12.4. The average Bonchev–Trinajstić information content (AvgIpc) is 3.22. The van der Waals surface area contributed by atoms with Crippen LogP contribution in [0.4, 0.5) is 4.39 Å². The molecule has 10 heteroatoms. The van der Waals surface area contributed by atoms with Crippen molar-refractivity contribution in [2.45, 2.75) is 25.0 Å². The Labute approximate surface area is 204 Å². The number of carbonyl (C=O) groups is 2. The van der Waals surface area contributed by atoms with Crippen molar-refractivity contribution in [2.24, 2.45) is 0 Å². The van der Waals surface area contributed by atoms with Gasteiger partial charge in [-0.25, -0.2) is 14.0 Å². The van der Waals surface area contributed by atoms with Crippen molar-refractivity contribution >= 4 is 38.8 Å². The molecular weight excluding hydrogens is 511 g/mol. The molecule has 0 amide bonds. The van der Waals surface area contributed by atoms with Gasteiger partial charge < -0.3 is 25.0 Å². The number of likely N-dealkylation sites (tertiary alicyclic amines) is 1. The summed E-state index contributed by atoms with van der Waals surface area (Å²) in [6.45, 7) is 2.05. The van der Waals surface area contributed by atoms with Crippen LogP contribution in [0.2, 0.25) is 0 Å². The summed E-state index contributed by atoms with van der Waals surface area (Å²) < 4.78 is 18.8. The molecule has 1 saturated heterocycles. The van der Waals surface area contributed by atoms with Gasteiger partial charge >= 0.3 is 11.9 Å². The van der Waals surface area contributed by atoms with E-state index in [1.54, 1.807) is 0 Å². The van der Waals surface area contributed by atoms with Crippen LogP contribution in [0.1, 0.15) is 24.0 Å². The largest absolute Gasteiger partial charge is 0.491 e. The molecule has 34 heavy (non-hydrogen) atoms. The zero-order chi connectivity index (χ0) is 24.7. The van der Waals surface area contributed by atoms with E-state index in [1.807, 2.05) is 48.7 Å². The summed E-state index contributed by atoms with van der Waals surface area (Å²) in [7, 11) is 0. The third kappa shape index (κ3) is 6.55. The summed E-state index contributed by atoms with van der Waals surface area (Å²) in [5, 5.41) is 27.0. The minimum Gasteiger partial charge on any atom is -0.491 e. The van der Waals surface area contributed by atoms with Crippen LogP contribution in [0.15, 0.2) is 53.1 Å². The van der Waals surface area contributed by atoms with Gasteiger partial charge in [-0.3, -0.25) is 4.90 Å². The van der Waals surface area contributed by atoms with Crippen molar-refractivity contribution in [2.75, 3.05) is 26.4 Å². The highest BCUT2D eigenvalue weighted by Crippen LogP contribution is 2.34. The first-order valence-electron chi connectivity index (χ1n) is 10.7. The molecule has 0 radical (unpaired) electrons. The van der Waals surface area contributed by atoms with Gasteiger partial charge in [-0.15, -0.1) is 0 Å². The number of nitrogens with one attached hydrogen (secondary N) is 1. The Hall–Kier alpha value is -2.95. The van der Waals surface area contributed by atoms with Gasteiger partial charge in [0.25, 0.3) is 0 Å². The fourth-order valence-corrected chi connectivity index (χ4v) is 4.17. The highest BCUT2D eigenvalue weighted by Gasteiger charge is 2.34. The van der Waals surface area contributed by atoms with E-state index in [1.165, 1.54) is 5.56 Å². The zero-order valence-corrected chi connectivity index (χ0v) is 19.9. The Morgan fingerprint density at radius 1 is 1.09 bits per heavy atom. The van der Waals surface area contributed by atoms with Crippen LogP contribution in [0, 0.1) is 0 Å². The number of aromatic nitrogens is 1. The van der Waals surface area contributed by atoms with E-state index in [4.69, 9.17) is 24.5 Å². The number of H-pyrrole nitrogens is 1. The first-order valence-corrected chi connectivity index (χ1v) is 11.5. The van der Waals surface area contributed by atoms with E-state index in [2.05, 4.69) is 25.8 Å². The Bertz CT molecular complexity index is 1110. The molecule has 0 spiro atoms. The molecule has 0 atom stereocenters. The lowest BCUT2D eigenvalue weighted by Crippen LogP contribution is -2.42. The molecule has 1 fully saturated rings. The minimum atomic E-state index is -1.82. The molecule has 1 aliphatic rings. The number of aliphatic hydroxyl groups is 1. The summed E-state index contributed by atoms with van der Waals surface area (Å²) in [6, 6.07) is 13.8. The van der Waals surface area contributed by atoms with Crippen LogP contribution >= 0.6 is 15.9 Å². The average molecular weight is 537 g/mol. The van der Waals surface area contributed by atoms with E-state index in [-0.39, 0.29) is 6.61 Å². The minimum absolute atomic E-state index is 0.0754. The summed E-state index contributed by atoms with van der Waals surface area (Å²) in [5.41, 5.74) is 2.46. The molecule has 2 aromatic carbocycles. The number of fused-ring (bicyclic) bond motifs is 1. The lowest BCUT2D eigenvalue weighted by atomic mass is 9.84. The molecular formula is C24H26BrFN2O6. The number of carboxylic acids is 2. The lowest BCUT2D eigenvalue weighted by Gasteiger charge is -2.38. The highest BCUT2D eigenvalue weighted by molar-refractivity contribution is 9.10. The van der Waals surface area contributed by atoms with Crippen molar-refractivity contribution < 1.29 is 34.0 Å². The normalized spacial score (nSPS) is 15.4. The first kappa shape index (κ1) is 25.7. The number of nitrogens with zero attached hydrogens (tertiary/aromatic N) is 1. The van der Waals surface area contributed by atoms with Crippen LogP contribution in [-0.2, 0) is 21.7 Å². The maximum Gasteiger partial charge on any atom is 0.414 e. The smallest absolute Gasteiger partial charge is 0.414 e. The Balaban J connectivity index is 0.000000481. The number of alkyl halides is 1. The zero-order valence-electron chi connectivity index (χ0n) is 18.3. The molecule has 0 bridgehead atoms. The number of aromatic amines is 1. The molecule has 2 heterocycles. The summed E-state index contributed by atoms with van der Waals surface area (Å²) in [5.74, 6) is -2.96. The van der Waals surface area contributed by atoms with Gasteiger partial charge in [0, 0.05) is 41.2 Å². The lowest BCUT2D eigenvalue weighted by molar-refractivity contribution is -0.159. The molecule has 4 rings (SSSR count). The summed E-state index contributed by atoms with van der Waals surface area (Å²) in [4.78, 5) is 23.9. The van der Waals surface area contributed by atoms with Crippen molar-refractivity contribution in [1.29, 1.82) is 0 Å². The number of benzene rings is 2. The van der Waals surface area contributed by atoms with Crippen LogP contribution < -0.4 is 4.74 Å². The number of hydrogen-bond donors (Lipinski definition) is 4. The fraction of sp³-hybridized carbons (Fsp3) is 0.333. The quantitative estimate of drug-likeness (QED) is 0.352. The predicted octanol–water partition coefficient (Wildman–Crippen LogP) is 3.92. The molecule has 0 unspecified atom stereocenters. The topological polar surface area (TPSA) is 123 Å². The van der Waals surface area contributed by atoms with Crippen LogP contribution in [-0.4, -0.2) is 63.5 Å². The molecule has 0 aliphatic carbocycles. The number of piperidine rings is 1. The number of aliphatic carboxylic acids is 2. The molecule has 4 N–H and O–H groups in total. The van der Waals surface area contributed by atoms with Crippen LogP contribution in [0.5, 0.6) is 5.75 Å². The number of ether oxygens (including phenoxy) is 1. The highest BCUT2D eigenvalue weighted by atomic mass is 79.9. The predicted molar refractivity (Wildman–Crippen MR) is 128 cm³/mol. The van der Waals surface area contributed by atoms with Gasteiger partial charge in [-0.05, 0) is 54.3 Å². The number of rotatable bonds is 6. The van der Waals surface area contributed by atoms with E-state index in [0.29, 0.717) is 18.6 Å². The molecule has 3 aromatic rings. The molecule has 1 aromatic heterocycles. The maximum absolute atomic E-state index is 12.4. The molecule has 8 nitrogen and oxygen atoms in total. The van der Waals surface area contributed by atoms with E-state index in [0.717, 1.165) is 40.6 Å². The molecule has 182 valence electrons. The van der Waals surface area contributed by atoms with E-state index < -0.39 is 24.2 Å². The van der Waals surface area contributed by atoms with Crippen molar-refractivity contribution in [3.05, 3.63) is 64.3 Å². The van der Waals surface area contributed by atoms with Gasteiger partial charge in [-0.2, -0.15) is 0 Å². The third-order valence-electron chi connectivity index (χ3n) is 5.73. The van der Waals surface area contributed by atoms with Crippen molar-refractivity contribution in [1.82, 2.24) is 9.88 Å². The Kier molecular flexibility index (Phi) is 8.65. The third-order valence-corrected chi connectivity index (χ3v) is 6.26. The monoisotopic (exact) mass is 536 g/mol. The molecule has 1 aliphatic heterocycles. The number of halogens is 2.